The van der Waals surface area contributed by atoms with Crippen LogP contribution in [0.15, 0.2) is 70.0 Å². The number of benzene rings is 2. The Labute approximate surface area is 213 Å². The fourth-order valence-electron chi connectivity index (χ4n) is 4.46. The number of aromatic hydroxyl groups is 1. The maximum Gasteiger partial charge on any atom is 0.337 e. The maximum absolute atomic E-state index is 13.4. The third kappa shape index (κ3) is 4.99. The number of carbonyl (C=O) groups excluding carboxylic acids is 1. The van der Waals surface area contributed by atoms with Crippen LogP contribution < -0.4 is 15.1 Å². The minimum Gasteiger partial charge on any atom is -0.507 e. The normalized spacial score (nSPS) is 14.1. The van der Waals surface area contributed by atoms with Gasteiger partial charge in [0.15, 0.2) is 0 Å². The zero-order valence-electron chi connectivity index (χ0n) is 20.6. The number of rotatable bonds is 6. The van der Waals surface area contributed by atoms with Crippen molar-refractivity contribution in [3.63, 3.8) is 0 Å². The van der Waals surface area contributed by atoms with Crippen LogP contribution >= 0.6 is 0 Å². The summed E-state index contributed by atoms with van der Waals surface area (Å²) < 4.78 is 16.6. The van der Waals surface area contributed by atoms with Crippen molar-refractivity contribution >= 4 is 22.8 Å². The molecule has 1 aliphatic rings. The Morgan fingerprint density at radius 2 is 1.81 bits per heavy atom. The Bertz CT molecular complexity index is 1480. The van der Waals surface area contributed by atoms with E-state index >= 15 is 0 Å². The van der Waals surface area contributed by atoms with E-state index < -0.39 is 5.97 Å². The van der Waals surface area contributed by atoms with Gasteiger partial charge in [-0.3, -0.25) is 9.69 Å². The molecule has 1 fully saturated rings. The van der Waals surface area contributed by atoms with E-state index in [4.69, 9.17) is 13.9 Å². The van der Waals surface area contributed by atoms with Crippen molar-refractivity contribution in [2.45, 2.75) is 13.5 Å². The first-order valence-electron chi connectivity index (χ1n) is 12.0. The van der Waals surface area contributed by atoms with E-state index in [9.17, 15) is 14.7 Å². The van der Waals surface area contributed by atoms with Crippen LogP contribution in [0.5, 0.6) is 17.2 Å². The van der Waals surface area contributed by atoms with Crippen LogP contribution in [0, 0.1) is 6.92 Å². The summed E-state index contributed by atoms with van der Waals surface area (Å²) in [5, 5.41) is 11.0. The van der Waals surface area contributed by atoms with Crippen LogP contribution in [0.25, 0.3) is 11.0 Å². The Hall–Kier alpha value is -4.37. The monoisotopic (exact) mass is 501 g/mol. The van der Waals surface area contributed by atoms with Crippen LogP contribution in [0.4, 0.5) is 5.82 Å². The summed E-state index contributed by atoms with van der Waals surface area (Å²) in [6.07, 6.45) is 1.79. The lowest BCUT2D eigenvalue weighted by molar-refractivity contribution is 0.0600. The number of hydrogen-bond donors (Lipinski definition) is 1. The van der Waals surface area contributed by atoms with Crippen molar-refractivity contribution in [1.82, 2.24) is 9.88 Å². The van der Waals surface area contributed by atoms with Crippen molar-refractivity contribution in [2.75, 3.05) is 38.2 Å². The van der Waals surface area contributed by atoms with Gasteiger partial charge >= 0.3 is 5.97 Å². The molecule has 0 atom stereocenters. The predicted octanol–water partition coefficient (Wildman–Crippen LogP) is 4.10. The molecule has 190 valence electrons. The number of piperazine rings is 1. The minimum atomic E-state index is -0.460. The SMILES string of the molecule is COC(=O)c1ccc(Oc2c(C)oc3c(CN4CCN(c5ccccn5)CC4)c(O)ccc3c2=O)cc1. The Kier molecular flexibility index (Phi) is 6.78. The van der Waals surface area contributed by atoms with E-state index in [0.717, 1.165) is 32.0 Å². The number of carbonyl (C=O) groups is 1. The number of aryl methyl sites for hydroxylation is 1. The highest BCUT2D eigenvalue weighted by atomic mass is 16.5. The molecule has 0 aliphatic carbocycles. The molecule has 37 heavy (non-hydrogen) atoms. The topological polar surface area (TPSA) is 105 Å². The van der Waals surface area contributed by atoms with Crippen LogP contribution in [-0.2, 0) is 11.3 Å². The number of anilines is 1. The lowest BCUT2D eigenvalue weighted by Gasteiger charge is -2.35. The van der Waals surface area contributed by atoms with Crippen LogP contribution in [0.3, 0.4) is 0 Å². The molecular weight excluding hydrogens is 474 g/mol. The fraction of sp³-hybridized carbons (Fsp3) is 0.250. The molecule has 3 heterocycles. The number of methoxy groups -OCH3 is 1. The molecule has 0 spiro atoms. The molecule has 0 radical (unpaired) electrons. The lowest BCUT2D eigenvalue weighted by Crippen LogP contribution is -2.46. The molecule has 2 aromatic heterocycles. The number of ether oxygens (including phenoxy) is 2. The number of nitrogens with zero attached hydrogens (tertiary/aromatic N) is 3. The van der Waals surface area contributed by atoms with Gasteiger partial charge in [-0.25, -0.2) is 9.78 Å². The zero-order chi connectivity index (χ0) is 25.9. The van der Waals surface area contributed by atoms with E-state index in [-0.39, 0.29) is 16.9 Å². The molecule has 1 aliphatic heterocycles. The highest BCUT2D eigenvalue weighted by Gasteiger charge is 2.23. The smallest absolute Gasteiger partial charge is 0.337 e. The summed E-state index contributed by atoms with van der Waals surface area (Å²) in [5.74, 6) is 1.30. The van der Waals surface area contributed by atoms with Gasteiger partial charge in [0.25, 0.3) is 0 Å². The van der Waals surface area contributed by atoms with Gasteiger partial charge in [0.2, 0.25) is 11.2 Å². The fourth-order valence-corrected chi connectivity index (χ4v) is 4.46. The second-order valence-corrected chi connectivity index (χ2v) is 8.83. The van der Waals surface area contributed by atoms with Crippen LogP contribution in [-0.4, -0.2) is 54.2 Å². The molecule has 9 nitrogen and oxygen atoms in total. The highest BCUT2D eigenvalue weighted by molar-refractivity contribution is 5.89. The number of aromatic nitrogens is 1. The van der Waals surface area contributed by atoms with Crippen molar-refractivity contribution in [3.05, 3.63) is 87.9 Å². The second-order valence-electron chi connectivity index (χ2n) is 8.83. The third-order valence-electron chi connectivity index (χ3n) is 6.48. The molecule has 0 amide bonds. The number of phenols is 1. The quantitative estimate of drug-likeness (QED) is 0.391. The number of pyridine rings is 1. The van der Waals surface area contributed by atoms with Gasteiger partial charge in [0.05, 0.1) is 23.6 Å². The van der Waals surface area contributed by atoms with Crippen LogP contribution in [0.1, 0.15) is 21.7 Å². The number of fused-ring (bicyclic) bond motifs is 1. The minimum absolute atomic E-state index is 0.0546. The zero-order valence-corrected chi connectivity index (χ0v) is 20.6. The molecule has 0 unspecified atom stereocenters. The largest absolute Gasteiger partial charge is 0.507 e. The van der Waals surface area contributed by atoms with E-state index in [2.05, 4.69) is 14.8 Å². The first kappa shape index (κ1) is 24.3. The van der Waals surface area contributed by atoms with Crippen molar-refractivity contribution < 1.29 is 23.8 Å². The molecule has 4 aromatic rings. The molecule has 0 saturated carbocycles. The van der Waals surface area contributed by atoms with Gasteiger partial charge in [-0.1, -0.05) is 6.07 Å². The average Bonchev–Trinajstić information content (AvgIpc) is 2.93. The van der Waals surface area contributed by atoms with E-state index in [1.807, 2.05) is 18.2 Å². The summed E-state index contributed by atoms with van der Waals surface area (Å²) in [7, 11) is 1.31. The summed E-state index contributed by atoms with van der Waals surface area (Å²) in [6.45, 7) is 5.25. The highest BCUT2D eigenvalue weighted by Crippen LogP contribution is 2.32. The maximum atomic E-state index is 13.4. The second kappa shape index (κ2) is 10.3. The molecule has 9 heteroatoms. The van der Waals surface area contributed by atoms with Gasteiger partial charge in [-0.05, 0) is 55.5 Å². The van der Waals surface area contributed by atoms with E-state index in [1.165, 1.54) is 13.2 Å². The number of esters is 1. The molecule has 0 bridgehead atoms. The predicted molar refractivity (Wildman–Crippen MR) is 138 cm³/mol. The first-order chi connectivity index (χ1) is 17.9. The van der Waals surface area contributed by atoms with Crippen molar-refractivity contribution in [1.29, 1.82) is 0 Å². The third-order valence-corrected chi connectivity index (χ3v) is 6.48. The molecule has 1 saturated heterocycles. The first-order valence-corrected chi connectivity index (χ1v) is 12.0. The van der Waals surface area contributed by atoms with Gasteiger partial charge in [-0.15, -0.1) is 0 Å². The van der Waals surface area contributed by atoms with Gasteiger partial charge in [0, 0.05) is 38.9 Å². The summed E-state index contributed by atoms with van der Waals surface area (Å²) in [4.78, 5) is 33.9. The average molecular weight is 502 g/mol. The Morgan fingerprint density at radius 1 is 1.05 bits per heavy atom. The lowest BCUT2D eigenvalue weighted by atomic mass is 10.1. The summed E-state index contributed by atoms with van der Waals surface area (Å²) in [6, 6.07) is 15.2. The molecule has 5 rings (SSSR count). The molecular formula is C28H27N3O6. The Balaban J connectivity index is 1.38. The van der Waals surface area contributed by atoms with E-state index in [0.29, 0.717) is 40.2 Å². The van der Waals surface area contributed by atoms with Gasteiger partial charge in [0.1, 0.15) is 28.7 Å². The molecule has 2 aromatic carbocycles. The van der Waals surface area contributed by atoms with Crippen molar-refractivity contribution in [3.8, 4) is 17.2 Å². The van der Waals surface area contributed by atoms with E-state index in [1.54, 1.807) is 43.5 Å². The molecule has 1 N–H and O–H groups in total. The van der Waals surface area contributed by atoms with Crippen molar-refractivity contribution in [2.24, 2.45) is 0 Å². The summed E-state index contributed by atoms with van der Waals surface area (Å²) in [5.41, 5.74) is 0.955. The standard InChI is InChI=1S/C28H27N3O6/c1-18-26(37-20-8-6-19(7-9-20)28(34)35-2)25(33)21-10-11-23(32)22(27(21)36-18)17-30-13-15-31(16-14-30)24-5-3-4-12-29-24/h3-12,32H,13-17H2,1-2H3. The summed E-state index contributed by atoms with van der Waals surface area (Å²) >= 11 is 0. The Morgan fingerprint density at radius 3 is 2.49 bits per heavy atom. The number of hydrogen-bond acceptors (Lipinski definition) is 9. The van der Waals surface area contributed by atoms with Gasteiger partial charge < -0.3 is 23.9 Å². The van der Waals surface area contributed by atoms with Crippen LogP contribution in [0.2, 0.25) is 0 Å². The van der Waals surface area contributed by atoms with Gasteiger partial charge in [-0.2, -0.15) is 0 Å². The number of phenolic OH excluding ortho intramolecular Hbond substituents is 1.